The molecule has 1 N–H and O–H groups in total. The zero-order valence-electron chi connectivity index (χ0n) is 18.9. The third kappa shape index (κ3) is 5.22. The highest BCUT2D eigenvalue weighted by Gasteiger charge is 2.29. The Morgan fingerprint density at radius 1 is 1.03 bits per heavy atom. The van der Waals surface area contributed by atoms with E-state index in [0.29, 0.717) is 42.7 Å². The summed E-state index contributed by atoms with van der Waals surface area (Å²) in [5, 5.41) is 2.97. The molecule has 3 aromatic rings. The van der Waals surface area contributed by atoms with E-state index in [1.54, 1.807) is 31.2 Å². The van der Waals surface area contributed by atoms with Crippen LogP contribution in [0.3, 0.4) is 0 Å². The van der Waals surface area contributed by atoms with Gasteiger partial charge in [0, 0.05) is 18.8 Å². The molecule has 8 heteroatoms. The Hall–Kier alpha value is -3.68. The SMILES string of the molecule is CCOC(=O)c1ccc(NC(=O)C2CCCN(c3nc4ccccc4nc3OCC)C2)cc1. The lowest BCUT2D eigenvalue weighted by atomic mass is 9.97. The lowest BCUT2D eigenvalue weighted by Crippen LogP contribution is -2.41. The second-order valence-electron chi connectivity index (χ2n) is 7.85. The number of aromatic nitrogens is 2. The van der Waals surface area contributed by atoms with Crippen LogP contribution in [0.1, 0.15) is 37.0 Å². The number of benzene rings is 2. The van der Waals surface area contributed by atoms with E-state index in [2.05, 4.69) is 15.2 Å². The van der Waals surface area contributed by atoms with E-state index < -0.39 is 0 Å². The van der Waals surface area contributed by atoms with E-state index in [1.807, 2.05) is 31.2 Å². The Morgan fingerprint density at radius 2 is 1.76 bits per heavy atom. The lowest BCUT2D eigenvalue weighted by molar-refractivity contribution is -0.120. The van der Waals surface area contributed by atoms with Crippen molar-refractivity contribution in [2.75, 3.05) is 36.5 Å². The molecule has 2 heterocycles. The maximum atomic E-state index is 13.0. The second-order valence-corrected chi connectivity index (χ2v) is 7.85. The molecule has 172 valence electrons. The zero-order valence-corrected chi connectivity index (χ0v) is 18.9. The van der Waals surface area contributed by atoms with E-state index in [1.165, 1.54) is 0 Å². The normalized spacial score (nSPS) is 15.8. The molecule has 0 aliphatic carbocycles. The molecule has 1 unspecified atom stereocenters. The van der Waals surface area contributed by atoms with Crippen LogP contribution in [0.5, 0.6) is 5.88 Å². The minimum absolute atomic E-state index is 0.0599. The smallest absolute Gasteiger partial charge is 0.338 e. The van der Waals surface area contributed by atoms with Crippen molar-refractivity contribution in [2.24, 2.45) is 5.92 Å². The Labute approximate surface area is 192 Å². The predicted molar refractivity (Wildman–Crippen MR) is 127 cm³/mol. The number of piperidine rings is 1. The molecule has 1 saturated heterocycles. The van der Waals surface area contributed by atoms with Gasteiger partial charge in [-0.05, 0) is 63.1 Å². The number of rotatable bonds is 7. The molecule has 1 aromatic heterocycles. The summed E-state index contributed by atoms with van der Waals surface area (Å²) < 4.78 is 10.8. The summed E-state index contributed by atoms with van der Waals surface area (Å²) >= 11 is 0. The number of nitrogens with zero attached hydrogens (tertiary/aromatic N) is 3. The number of anilines is 2. The molecular formula is C25H28N4O4. The van der Waals surface area contributed by atoms with Crippen LogP contribution in [-0.2, 0) is 9.53 Å². The number of nitrogens with one attached hydrogen (secondary N) is 1. The largest absolute Gasteiger partial charge is 0.475 e. The Balaban J connectivity index is 1.48. The summed E-state index contributed by atoms with van der Waals surface area (Å²) in [6, 6.07) is 14.4. The number of carbonyl (C=O) groups excluding carboxylic acids is 2. The van der Waals surface area contributed by atoms with Gasteiger partial charge in [0.25, 0.3) is 5.88 Å². The Morgan fingerprint density at radius 3 is 2.45 bits per heavy atom. The molecule has 1 amide bonds. The number of amides is 1. The first kappa shape index (κ1) is 22.5. The first-order chi connectivity index (χ1) is 16.1. The van der Waals surface area contributed by atoms with Gasteiger partial charge < -0.3 is 19.7 Å². The number of para-hydroxylation sites is 2. The van der Waals surface area contributed by atoms with Crippen LogP contribution in [0, 0.1) is 5.92 Å². The van der Waals surface area contributed by atoms with Crippen LogP contribution in [0.4, 0.5) is 11.5 Å². The molecule has 0 radical (unpaired) electrons. The summed E-state index contributed by atoms with van der Waals surface area (Å²) in [6.45, 7) is 5.80. The maximum absolute atomic E-state index is 13.0. The molecule has 1 atom stereocenters. The van der Waals surface area contributed by atoms with Gasteiger partial charge in [-0.15, -0.1) is 0 Å². The summed E-state index contributed by atoms with van der Waals surface area (Å²) in [7, 11) is 0. The van der Waals surface area contributed by atoms with Crippen molar-refractivity contribution in [1.29, 1.82) is 0 Å². The first-order valence-electron chi connectivity index (χ1n) is 11.3. The number of carbonyl (C=O) groups is 2. The number of hydrogen-bond donors (Lipinski definition) is 1. The highest BCUT2D eigenvalue weighted by Crippen LogP contribution is 2.31. The molecular weight excluding hydrogens is 420 g/mol. The van der Waals surface area contributed by atoms with Gasteiger partial charge in [0.15, 0.2) is 5.82 Å². The van der Waals surface area contributed by atoms with E-state index in [-0.39, 0.29) is 17.8 Å². The average molecular weight is 449 g/mol. The minimum Gasteiger partial charge on any atom is -0.475 e. The van der Waals surface area contributed by atoms with Crippen LogP contribution in [0.2, 0.25) is 0 Å². The van der Waals surface area contributed by atoms with Gasteiger partial charge in [-0.2, -0.15) is 0 Å². The highest BCUT2D eigenvalue weighted by molar-refractivity contribution is 5.94. The minimum atomic E-state index is -0.375. The average Bonchev–Trinajstić information content (AvgIpc) is 2.84. The van der Waals surface area contributed by atoms with E-state index in [0.717, 1.165) is 30.4 Å². The topological polar surface area (TPSA) is 93.7 Å². The van der Waals surface area contributed by atoms with Gasteiger partial charge in [-0.3, -0.25) is 4.79 Å². The van der Waals surface area contributed by atoms with Crippen molar-refractivity contribution in [3.63, 3.8) is 0 Å². The summed E-state index contributed by atoms with van der Waals surface area (Å²) in [6.07, 6.45) is 1.65. The van der Waals surface area contributed by atoms with Crippen LogP contribution in [-0.4, -0.2) is 48.1 Å². The molecule has 8 nitrogen and oxygen atoms in total. The number of ether oxygens (including phenoxy) is 2. The Kier molecular flexibility index (Phi) is 7.02. The molecule has 0 saturated carbocycles. The zero-order chi connectivity index (χ0) is 23.2. The molecule has 33 heavy (non-hydrogen) atoms. The lowest BCUT2D eigenvalue weighted by Gasteiger charge is -2.33. The van der Waals surface area contributed by atoms with Crippen molar-refractivity contribution in [2.45, 2.75) is 26.7 Å². The van der Waals surface area contributed by atoms with Crippen LogP contribution >= 0.6 is 0 Å². The summed E-state index contributed by atoms with van der Waals surface area (Å²) in [5.41, 5.74) is 2.68. The van der Waals surface area contributed by atoms with Crippen molar-refractivity contribution in [3.05, 3.63) is 54.1 Å². The molecule has 1 fully saturated rings. The Bertz CT molecular complexity index is 1130. The molecule has 0 spiro atoms. The van der Waals surface area contributed by atoms with Crippen LogP contribution in [0.25, 0.3) is 11.0 Å². The van der Waals surface area contributed by atoms with Crippen LogP contribution < -0.4 is 15.0 Å². The fraction of sp³-hybridized carbons (Fsp3) is 0.360. The van der Waals surface area contributed by atoms with Gasteiger partial charge in [-0.1, -0.05) is 12.1 Å². The quantitative estimate of drug-likeness (QED) is 0.545. The number of esters is 1. The van der Waals surface area contributed by atoms with Gasteiger partial charge in [0.2, 0.25) is 5.91 Å². The molecule has 4 rings (SSSR count). The maximum Gasteiger partial charge on any atom is 0.338 e. The highest BCUT2D eigenvalue weighted by atomic mass is 16.5. The van der Waals surface area contributed by atoms with Gasteiger partial charge in [0.1, 0.15) is 0 Å². The standard InChI is InChI=1S/C25H28N4O4/c1-3-32-24-22(27-20-9-5-6-10-21(20)28-24)29-15-7-8-18(16-29)23(30)26-19-13-11-17(12-14-19)25(31)33-4-2/h5-6,9-14,18H,3-4,7-8,15-16H2,1-2H3,(H,26,30). The first-order valence-corrected chi connectivity index (χ1v) is 11.3. The van der Waals surface area contributed by atoms with Gasteiger partial charge in [-0.25, -0.2) is 14.8 Å². The van der Waals surface area contributed by atoms with Crippen molar-refractivity contribution in [3.8, 4) is 5.88 Å². The second kappa shape index (κ2) is 10.3. The monoisotopic (exact) mass is 448 g/mol. The molecule has 0 bridgehead atoms. The fourth-order valence-corrected chi connectivity index (χ4v) is 3.95. The number of hydrogen-bond acceptors (Lipinski definition) is 7. The van der Waals surface area contributed by atoms with Gasteiger partial charge in [0.05, 0.1) is 35.7 Å². The third-order valence-electron chi connectivity index (χ3n) is 5.56. The molecule has 2 aromatic carbocycles. The van der Waals surface area contributed by atoms with Crippen molar-refractivity contribution >= 4 is 34.4 Å². The summed E-state index contributed by atoms with van der Waals surface area (Å²) in [5.74, 6) is 0.528. The van der Waals surface area contributed by atoms with Crippen molar-refractivity contribution < 1.29 is 19.1 Å². The summed E-state index contributed by atoms with van der Waals surface area (Å²) in [4.78, 5) is 36.3. The van der Waals surface area contributed by atoms with E-state index in [4.69, 9.17) is 14.5 Å². The number of fused-ring (bicyclic) bond motifs is 1. The third-order valence-corrected chi connectivity index (χ3v) is 5.56. The fourth-order valence-electron chi connectivity index (χ4n) is 3.95. The molecule has 1 aliphatic heterocycles. The van der Waals surface area contributed by atoms with Gasteiger partial charge >= 0.3 is 5.97 Å². The van der Waals surface area contributed by atoms with Crippen molar-refractivity contribution in [1.82, 2.24) is 9.97 Å². The van der Waals surface area contributed by atoms with Crippen LogP contribution in [0.15, 0.2) is 48.5 Å². The van der Waals surface area contributed by atoms with E-state index in [9.17, 15) is 9.59 Å². The predicted octanol–water partition coefficient (Wildman–Crippen LogP) is 4.06. The molecule has 1 aliphatic rings. The van der Waals surface area contributed by atoms with E-state index >= 15 is 0 Å².